The van der Waals surface area contributed by atoms with E-state index in [9.17, 15) is 9.50 Å². The number of fused-ring (bicyclic) bond motifs is 1. The molecule has 20 heavy (non-hydrogen) atoms. The van der Waals surface area contributed by atoms with Crippen molar-refractivity contribution in [2.45, 2.75) is 32.5 Å². The topological polar surface area (TPSA) is 29.5 Å². The number of aliphatic hydroxyl groups is 1. The highest BCUT2D eigenvalue weighted by Crippen LogP contribution is 2.41. The summed E-state index contributed by atoms with van der Waals surface area (Å²) in [6.45, 7) is 4.12. The van der Waals surface area contributed by atoms with Crippen LogP contribution < -0.4 is 4.74 Å². The van der Waals surface area contributed by atoms with Gasteiger partial charge in [-0.3, -0.25) is 0 Å². The second kappa shape index (κ2) is 4.91. The summed E-state index contributed by atoms with van der Waals surface area (Å²) in [7, 11) is 0. The lowest BCUT2D eigenvalue weighted by atomic mass is 9.93. The molecule has 0 bridgehead atoms. The fourth-order valence-electron chi connectivity index (χ4n) is 2.59. The van der Waals surface area contributed by atoms with Gasteiger partial charge in [-0.25, -0.2) is 4.39 Å². The molecule has 1 N–H and O–H groups in total. The van der Waals surface area contributed by atoms with Gasteiger partial charge in [0.05, 0.1) is 6.10 Å². The van der Waals surface area contributed by atoms with Gasteiger partial charge in [-0.05, 0) is 48.7 Å². The monoisotopic (exact) mass is 272 g/mol. The van der Waals surface area contributed by atoms with Crippen LogP contribution in [-0.2, 0) is 0 Å². The Morgan fingerprint density at radius 1 is 1.10 bits per heavy atom. The predicted octanol–water partition coefficient (Wildman–Crippen LogP) is 4.00. The second-order valence-electron chi connectivity index (χ2n) is 5.38. The van der Waals surface area contributed by atoms with Gasteiger partial charge >= 0.3 is 0 Å². The highest BCUT2D eigenvalue weighted by Gasteiger charge is 2.28. The Kier molecular flexibility index (Phi) is 3.22. The Hall–Kier alpha value is -1.87. The van der Waals surface area contributed by atoms with Crippen molar-refractivity contribution in [3.05, 3.63) is 64.5 Å². The third-order valence-electron chi connectivity index (χ3n) is 3.94. The van der Waals surface area contributed by atoms with Gasteiger partial charge in [0.25, 0.3) is 0 Å². The van der Waals surface area contributed by atoms with E-state index >= 15 is 0 Å². The van der Waals surface area contributed by atoms with Gasteiger partial charge in [-0.15, -0.1) is 0 Å². The van der Waals surface area contributed by atoms with Crippen molar-refractivity contribution in [2.24, 2.45) is 0 Å². The molecule has 0 saturated carbocycles. The quantitative estimate of drug-likeness (QED) is 0.850. The van der Waals surface area contributed by atoms with Crippen LogP contribution in [-0.4, -0.2) is 5.11 Å². The number of hydrogen-bond donors (Lipinski definition) is 1. The summed E-state index contributed by atoms with van der Waals surface area (Å²) in [6.07, 6.45) is -0.442. The molecule has 0 radical (unpaired) electrons. The van der Waals surface area contributed by atoms with E-state index in [1.807, 2.05) is 6.07 Å². The first kappa shape index (κ1) is 13.1. The van der Waals surface area contributed by atoms with E-state index in [-0.39, 0.29) is 11.9 Å². The Morgan fingerprint density at radius 2 is 1.90 bits per heavy atom. The fraction of sp³-hybridized carbons (Fsp3) is 0.294. The van der Waals surface area contributed by atoms with E-state index in [1.54, 1.807) is 6.07 Å². The summed E-state index contributed by atoms with van der Waals surface area (Å²) in [6, 6.07) is 10.4. The molecule has 2 nitrogen and oxygen atoms in total. The zero-order valence-electron chi connectivity index (χ0n) is 11.6. The molecule has 0 amide bonds. The summed E-state index contributed by atoms with van der Waals surface area (Å²) in [5.41, 5.74) is 4.00. The molecule has 0 aromatic heterocycles. The number of aryl methyl sites for hydroxylation is 2. The number of aliphatic hydroxyl groups excluding tert-OH is 1. The van der Waals surface area contributed by atoms with Crippen LogP contribution in [0, 0.1) is 19.7 Å². The van der Waals surface area contributed by atoms with Crippen LogP contribution in [0.25, 0.3) is 0 Å². The van der Waals surface area contributed by atoms with E-state index in [1.165, 1.54) is 23.3 Å². The molecule has 0 fully saturated rings. The second-order valence-corrected chi connectivity index (χ2v) is 5.38. The average molecular weight is 272 g/mol. The number of benzene rings is 2. The largest absolute Gasteiger partial charge is 0.485 e. The lowest BCUT2D eigenvalue weighted by Crippen LogP contribution is -2.19. The van der Waals surface area contributed by atoms with Crippen molar-refractivity contribution in [3.63, 3.8) is 0 Å². The maximum Gasteiger partial charge on any atom is 0.127 e. The van der Waals surface area contributed by atoms with E-state index in [0.717, 1.165) is 5.56 Å². The zero-order valence-corrected chi connectivity index (χ0v) is 11.6. The van der Waals surface area contributed by atoms with E-state index < -0.39 is 6.10 Å². The van der Waals surface area contributed by atoms with Crippen LogP contribution in [0.3, 0.4) is 0 Å². The summed E-state index contributed by atoms with van der Waals surface area (Å²) in [4.78, 5) is 0. The molecule has 1 unspecified atom stereocenters. The predicted molar refractivity (Wildman–Crippen MR) is 75.3 cm³/mol. The van der Waals surface area contributed by atoms with Gasteiger partial charge in [0.1, 0.15) is 17.7 Å². The minimum Gasteiger partial charge on any atom is -0.485 e. The first-order chi connectivity index (χ1) is 9.54. The van der Waals surface area contributed by atoms with E-state index in [4.69, 9.17) is 4.74 Å². The van der Waals surface area contributed by atoms with Crippen molar-refractivity contribution in [1.29, 1.82) is 0 Å². The molecule has 1 aliphatic rings. The van der Waals surface area contributed by atoms with Crippen LogP contribution in [0.2, 0.25) is 0 Å². The van der Waals surface area contributed by atoms with Crippen molar-refractivity contribution < 1.29 is 14.2 Å². The summed E-state index contributed by atoms with van der Waals surface area (Å²) >= 11 is 0. The molecule has 2 aromatic carbocycles. The first-order valence-corrected chi connectivity index (χ1v) is 6.76. The maximum absolute atomic E-state index is 13.2. The van der Waals surface area contributed by atoms with Crippen molar-refractivity contribution in [3.8, 4) is 5.75 Å². The van der Waals surface area contributed by atoms with Crippen LogP contribution in [0.1, 0.15) is 40.9 Å². The van der Waals surface area contributed by atoms with E-state index in [0.29, 0.717) is 17.7 Å². The lowest BCUT2D eigenvalue weighted by molar-refractivity contribution is 0.0653. The first-order valence-electron chi connectivity index (χ1n) is 6.76. The number of rotatable bonds is 1. The summed E-state index contributed by atoms with van der Waals surface area (Å²) in [5, 5.41) is 10.2. The smallest absolute Gasteiger partial charge is 0.127 e. The van der Waals surface area contributed by atoms with Crippen molar-refractivity contribution in [2.75, 3.05) is 0 Å². The van der Waals surface area contributed by atoms with Crippen LogP contribution >= 0.6 is 0 Å². The number of halogens is 1. The highest BCUT2D eigenvalue weighted by atomic mass is 19.1. The third-order valence-corrected chi connectivity index (χ3v) is 3.94. The zero-order chi connectivity index (χ0) is 14.3. The molecule has 1 heterocycles. The fourth-order valence-corrected chi connectivity index (χ4v) is 2.59. The van der Waals surface area contributed by atoms with Crippen LogP contribution in [0.4, 0.5) is 4.39 Å². The van der Waals surface area contributed by atoms with Gasteiger partial charge in [0, 0.05) is 12.0 Å². The summed E-state index contributed by atoms with van der Waals surface area (Å²) in [5.74, 6) is 0.212. The number of hydrogen-bond acceptors (Lipinski definition) is 2. The highest BCUT2D eigenvalue weighted by molar-refractivity contribution is 5.40. The molecular formula is C17H17FO2. The molecular weight excluding hydrogens is 255 g/mol. The maximum atomic E-state index is 13.2. The Labute approximate surface area is 117 Å². The Balaban J connectivity index is 1.94. The van der Waals surface area contributed by atoms with Crippen molar-refractivity contribution in [1.82, 2.24) is 0 Å². The van der Waals surface area contributed by atoms with Gasteiger partial charge in [0.2, 0.25) is 0 Å². The minimum atomic E-state index is -0.693. The normalized spacial score (nSPS) is 21.2. The standard InChI is InChI=1S/C17H17FO2/c1-10-3-4-12(7-11(10)2)17-9-15(19)14-8-13(18)5-6-16(14)20-17/h3-8,15,17,19H,9H2,1-2H3/t15-,17?/m0/s1. The minimum absolute atomic E-state index is 0.192. The molecule has 1 aliphatic heterocycles. The molecule has 3 rings (SSSR count). The molecule has 3 heteroatoms. The lowest BCUT2D eigenvalue weighted by Gasteiger charge is -2.30. The number of ether oxygens (including phenoxy) is 1. The van der Waals surface area contributed by atoms with Gasteiger partial charge < -0.3 is 9.84 Å². The molecule has 0 aliphatic carbocycles. The average Bonchev–Trinajstić information content (AvgIpc) is 2.42. The molecule has 0 saturated heterocycles. The molecule has 2 aromatic rings. The van der Waals surface area contributed by atoms with E-state index in [2.05, 4.69) is 26.0 Å². The third kappa shape index (κ3) is 2.29. The Morgan fingerprint density at radius 3 is 2.65 bits per heavy atom. The van der Waals surface area contributed by atoms with Crippen LogP contribution in [0.15, 0.2) is 36.4 Å². The molecule has 2 atom stereocenters. The van der Waals surface area contributed by atoms with Gasteiger partial charge in [0.15, 0.2) is 0 Å². The van der Waals surface area contributed by atoms with Crippen molar-refractivity contribution >= 4 is 0 Å². The molecule has 0 spiro atoms. The van der Waals surface area contributed by atoms with Crippen LogP contribution in [0.5, 0.6) is 5.75 Å². The molecule has 104 valence electrons. The Bertz CT molecular complexity index is 651. The van der Waals surface area contributed by atoms with Gasteiger partial charge in [-0.2, -0.15) is 0 Å². The summed E-state index contributed by atoms with van der Waals surface area (Å²) < 4.78 is 19.1. The SMILES string of the molecule is Cc1ccc(C2C[C@H](O)c3cc(F)ccc3O2)cc1C. The van der Waals surface area contributed by atoms with Gasteiger partial charge in [-0.1, -0.05) is 18.2 Å².